The number of nitrogen functional groups attached to an aromatic ring is 1. The van der Waals surface area contributed by atoms with Crippen LogP contribution in [0.3, 0.4) is 0 Å². The van der Waals surface area contributed by atoms with Crippen molar-refractivity contribution in [2.45, 2.75) is 13.8 Å². The number of nitrogens with zero attached hydrogens (tertiary/aromatic N) is 2. The van der Waals surface area contributed by atoms with Gasteiger partial charge in [-0.3, -0.25) is 4.98 Å². The van der Waals surface area contributed by atoms with Gasteiger partial charge in [-0.25, -0.2) is 4.98 Å². The number of nitrogens with two attached hydrogens (primary N) is 1. The lowest BCUT2D eigenvalue weighted by Gasteiger charge is -2.10. The highest BCUT2D eigenvalue weighted by Crippen LogP contribution is 2.31. The second kappa shape index (κ2) is 4.91. The summed E-state index contributed by atoms with van der Waals surface area (Å²) in [6, 6.07) is 5.22. The second-order valence-electron chi connectivity index (χ2n) is 3.91. The van der Waals surface area contributed by atoms with E-state index >= 15 is 0 Å². The van der Waals surface area contributed by atoms with Crippen molar-refractivity contribution in [1.29, 1.82) is 0 Å². The van der Waals surface area contributed by atoms with Crippen LogP contribution in [0.5, 0.6) is 17.4 Å². The Morgan fingerprint density at radius 3 is 2.72 bits per heavy atom. The standard InChI is InChI=1S/C13H15N3O2/c1-8-7-15-9(2)13(16-8)18-12-6-10(17-3)4-5-11(12)14/h4-7H,14H2,1-3H3. The van der Waals surface area contributed by atoms with Gasteiger partial charge in [-0.1, -0.05) is 0 Å². The highest BCUT2D eigenvalue weighted by atomic mass is 16.5. The van der Waals surface area contributed by atoms with Gasteiger partial charge in [0, 0.05) is 12.3 Å². The Morgan fingerprint density at radius 1 is 1.22 bits per heavy atom. The molecule has 5 nitrogen and oxygen atoms in total. The molecule has 0 bridgehead atoms. The fraction of sp³-hybridized carbons (Fsp3) is 0.231. The van der Waals surface area contributed by atoms with Crippen LogP contribution >= 0.6 is 0 Å². The topological polar surface area (TPSA) is 70.3 Å². The number of hydrogen-bond acceptors (Lipinski definition) is 5. The molecule has 0 aliphatic rings. The van der Waals surface area contributed by atoms with Crippen LogP contribution < -0.4 is 15.2 Å². The fourth-order valence-electron chi connectivity index (χ4n) is 1.45. The van der Waals surface area contributed by atoms with Crippen molar-refractivity contribution in [2.75, 3.05) is 12.8 Å². The molecule has 2 rings (SSSR count). The molecule has 0 aliphatic heterocycles. The summed E-state index contributed by atoms with van der Waals surface area (Å²) in [7, 11) is 1.59. The molecule has 2 N–H and O–H groups in total. The van der Waals surface area contributed by atoms with Crippen LogP contribution in [-0.2, 0) is 0 Å². The predicted molar refractivity (Wildman–Crippen MR) is 69.0 cm³/mol. The van der Waals surface area contributed by atoms with Crippen LogP contribution in [0.25, 0.3) is 0 Å². The molecule has 0 spiro atoms. The van der Waals surface area contributed by atoms with Crippen LogP contribution in [0.15, 0.2) is 24.4 Å². The number of benzene rings is 1. The summed E-state index contributed by atoms with van der Waals surface area (Å²) in [6.45, 7) is 3.69. The van der Waals surface area contributed by atoms with Gasteiger partial charge in [0.25, 0.3) is 0 Å². The van der Waals surface area contributed by atoms with Gasteiger partial charge in [-0.05, 0) is 26.0 Å². The lowest BCUT2D eigenvalue weighted by atomic mass is 10.3. The zero-order valence-corrected chi connectivity index (χ0v) is 10.6. The number of ether oxygens (including phenoxy) is 2. The van der Waals surface area contributed by atoms with Gasteiger partial charge in [-0.2, -0.15) is 0 Å². The summed E-state index contributed by atoms with van der Waals surface area (Å²) in [5.74, 6) is 1.64. The highest BCUT2D eigenvalue weighted by Gasteiger charge is 2.08. The summed E-state index contributed by atoms with van der Waals surface area (Å²) in [6.07, 6.45) is 1.69. The average Bonchev–Trinajstić information content (AvgIpc) is 2.36. The van der Waals surface area contributed by atoms with E-state index in [1.165, 1.54) is 0 Å². The van der Waals surface area contributed by atoms with Gasteiger partial charge in [0.1, 0.15) is 5.75 Å². The molecule has 18 heavy (non-hydrogen) atoms. The Hall–Kier alpha value is -2.30. The maximum absolute atomic E-state index is 5.85. The molecule has 0 saturated heterocycles. The van der Waals surface area contributed by atoms with Gasteiger partial charge >= 0.3 is 0 Å². The number of aryl methyl sites for hydroxylation is 2. The van der Waals surface area contributed by atoms with Crippen molar-refractivity contribution in [1.82, 2.24) is 9.97 Å². The van der Waals surface area contributed by atoms with Crippen molar-refractivity contribution < 1.29 is 9.47 Å². The third-order valence-electron chi connectivity index (χ3n) is 2.46. The number of rotatable bonds is 3. The largest absolute Gasteiger partial charge is 0.497 e. The molecule has 0 fully saturated rings. The van der Waals surface area contributed by atoms with E-state index in [-0.39, 0.29) is 0 Å². The van der Waals surface area contributed by atoms with Gasteiger partial charge in [0.15, 0.2) is 5.75 Å². The normalized spacial score (nSPS) is 10.2. The van der Waals surface area contributed by atoms with Crippen molar-refractivity contribution in [3.63, 3.8) is 0 Å². The number of aromatic nitrogens is 2. The first-order valence-electron chi connectivity index (χ1n) is 5.52. The Balaban J connectivity index is 2.36. The predicted octanol–water partition coefficient (Wildman–Crippen LogP) is 2.48. The molecule has 0 unspecified atom stereocenters. The summed E-state index contributed by atoms with van der Waals surface area (Å²) in [5, 5.41) is 0. The van der Waals surface area contributed by atoms with E-state index in [2.05, 4.69) is 9.97 Å². The van der Waals surface area contributed by atoms with E-state index in [9.17, 15) is 0 Å². The van der Waals surface area contributed by atoms with E-state index in [1.54, 1.807) is 31.5 Å². The van der Waals surface area contributed by atoms with Gasteiger partial charge in [-0.15, -0.1) is 0 Å². The molecule has 94 valence electrons. The lowest BCUT2D eigenvalue weighted by molar-refractivity contribution is 0.407. The minimum absolute atomic E-state index is 0.454. The summed E-state index contributed by atoms with van der Waals surface area (Å²) >= 11 is 0. The number of hydrogen-bond donors (Lipinski definition) is 1. The van der Waals surface area contributed by atoms with Crippen LogP contribution in [0.4, 0.5) is 5.69 Å². The van der Waals surface area contributed by atoms with E-state index in [1.807, 2.05) is 13.8 Å². The first kappa shape index (κ1) is 12.2. The SMILES string of the molecule is COc1ccc(N)c(Oc2nc(C)cnc2C)c1. The van der Waals surface area contributed by atoms with Crippen molar-refractivity contribution in [3.05, 3.63) is 35.8 Å². The third-order valence-corrected chi connectivity index (χ3v) is 2.46. The Morgan fingerprint density at radius 2 is 2.00 bits per heavy atom. The minimum Gasteiger partial charge on any atom is -0.497 e. The van der Waals surface area contributed by atoms with Crippen molar-refractivity contribution >= 4 is 5.69 Å². The maximum atomic E-state index is 5.85. The monoisotopic (exact) mass is 245 g/mol. The molecule has 1 aromatic carbocycles. The van der Waals surface area contributed by atoms with Crippen LogP contribution in [0, 0.1) is 13.8 Å². The van der Waals surface area contributed by atoms with E-state index in [0.717, 1.165) is 5.69 Å². The second-order valence-corrected chi connectivity index (χ2v) is 3.91. The van der Waals surface area contributed by atoms with Crippen molar-refractivity contribution in [3.8, 4) is 17.4 Å². The zero-order chi connectivity index (χ0) is 13.1. The first-order chi connectivity index (χ1) is 8.60. The van der Waals surface area contributed by atoms with Crippen LogP contribution in [-0.4, -0.2) is 17.1 Å². The quantitative estimate of drug-likeness (QED) is 0.841. The Labute approximate surface area is 106 Å². The molecular formula is C13H15N3O2. The molecule has 0 atom stereocenters. The van der Waals surface area contributed by atoms with Gasteiger partial charge in [0.2, 0.25) is 5.88 Å². The smallest absolute Gasteiger partial charge is 0.241 e. The third kappa shape index (κ3) is 2.51. The molecular weight excluding hydrogens is 230 g/mol. The molecule has 5 heteroatoms. The summed E-state index contributed by atoms with van der Waals surface area (Å²) < 4.78 is 10.8. The summed E-state index contributed by atoms with van der Waals surface area (Å²) in [4.78, 5) is 8.47. The van der Waals surface area contributed by atoms with Gasteiger partial charge < -0.3 is 15.2 Å². The van der Waals surface area contributed by atoms with E-state index in [0.29, 0.717) is 28.8 Å². The number of methoxy groups -OCH3 is 1. The van der Waals surface area contributed by atoms with Crippen LogP contribution in [0.1, 0.15) is 11.4 Å². The minimum atomic E-state index is 0.454. The zero-order valence-electron chi connectivity index (χ0n) is 10.6. The van der Waals surface area contributed by atoms with Gasteiger partial charge in [0.05, 0.1) is 24.2 Å². The fourth-order valence-corrected chi connectivity index (χ4v) is 1.45. The van der Waals surface area contributed by atoms with E-state index < -0.39 is 0 Å². The van der Waals surface area contributed by atoms with E-state index in [4.69, 9.17) is 15.2 Å². The maximum Gasteiger partial charge on any atom is 0.241 e. The first-order valence-corrected chi connectivity index (χ1v) is 5.52. The molecule has 0 saturated carbocycles. The molecule has 0 amide bonds. The molecule has 1 aromatic heterocycles. The molecule has 1 heterocycles. The lowest BCUT2D eigenvalue weighted by Crippen LogP contribution is -1.98. The average molecular weight is 245 g/mol. The Kier molecular flexibility index (Phi) is 3.32. The molecule has 2 aromatic rings. The van der Waals surface area contributed by atoms with Crippen LogP contribution in [0.2, 0.25) is 0 Å². The molecule has 0 radical (unpaired) electrons. The Bertz CT molecular complexity index is 570. The molecule has 0 aliphatic carbocycles. The number of anilines is 1. The van der Waals surface area contributed by atoms with Crippen molar-refractivity contribution in [2.24, 2.45) is 0 Å². The highest BCUT2D eigenvalue weighted by molar-refractivity contribution is 5.56. The summed E-state index contributed by atoms with van der Waals surface area (Å²) in [5.41, 5.74) is 7.88.